The Hall–Kier alpha value is -0.550. The molecule has 0 spiro atoms. The van der Waals surface area contributed by atoms with Crippen molar-refractivity contribution in [2.45, 2.75) is 4.90 Å². The average Bonchev–Trinajstić information content (AvgIpc) is 2.23. The molecule has 2 N–H and O–H groups in total. The molecule has 10 heteroatoms. The zero-order valence-electron chi connectivity index (χ0n) is 9.42. The van der Waals surface area contributed by atoms with Crippen molar-refractivity contribution in [1.29, 1.82) is 0 Å². The van der Waals surface area contributed by atoms with Crippen LogP contribution in [0.3, 0.4) is 0 Å². The molecule has 0 radical (unpaired) electrons. The summed E-state index contributed by atoms with van der Waals surface area (Å²) in [5.74, 6) is 0. The Kier molecular flexibility index (Phi) is 5.22. The van der Waals surface area contributed by atoms with Gasteiger partial charge in [-0.05, 0) is 22.0 Å². The number of halogens is 1. The standard InChI is InChI=1S/C8H12BrN3O4S2/c1-17(13,14)11-2-3-12-18(15,16)8-4-7(9)5-10-6-8/h4-6,11-12H,2-3H2,1H3. The lowest BCUT2D eigenvalue weighted by atomic mass is 10.5. The number of hydrogen-bond acceptors (Lipinski definition) is 5. The molecule has 1 aromatic rings. The predicted octanol–water partition coefficient (Wildman–Crippen LogP) is -0.328. The average molecular weight is 358 g/mol. The summed E-state index contributed by atoms with van der Waals surface area (Å²) in [6.45, 7) is -0.0542. The smallest absolute Gasteiger partial charge is 0.242 e. The van der Waals surface area contributed by atoms with E-state index in [1.54, 1.807) is 0 Å². The second-order valence-corrected chi connectivity index (χ2v) is 7.92. The van der Waals surface area contributed by atoms with E-state index in [0.29, 0.717) is 4.47 Å². The van der Waals surface area contributed by atoms with Crippen LogP contribution in [-0.2, 0) is 20.0 Å². The van der Waals surface area contributed by atoms with Crippen molar-refractivity contribution in [1.82, 2.24) is 14.4 Å². The lowest BCUT2D eigenvalue weighted by Crippen LogP contribution is -2.34. The molecular formula is C8H12BrN3O4S2. The quantitative estimate of drug-likeness (QED) is 0.678. The largest absolute Gasteiger partial charge is 0.262 e. The molecule has 0 atom stereocenters. The van der Waals surface area contributed by atoms with Gasteiger partial charge in [0.1, 0.15) is 4.90 Å². The monoisotopic (exact) mass is 357 g/mol. The third-order valence-electron chi connectivity index (χ3n) is 1.77. The Bertz CT molecular complexity index is 615. The maximum Gasteiger partial charge on any atom is 0.242 e. The molecule has 1 heterocycles. The molecule has 7 nitrogen and oxygen atoms in total. The highest BCUT2D eigenvalue weighted by molar-refractivity contribution is 9.10. The van der Waals surface area contributed by atoms with E-state index >= 15 is 0 Å². The van der Waals surface area contributed by atoms with Crippen LogP contribution in [0, 0.1) is 0 Å². The van der Waals surface area contributed by atoms with Crippen molar-refractivity contribution in [2.24, 2.45) is 0 Å². The van der Waals surface area contributed by atoms with Gasteiger partial charge < -0.3 is 0 Å². The summed E-state index contributed by atoms with van der Waals surface area (Å²) in [6.07, 6.45) is 3.67. The third-order valence-corrected chi connectivity index (χ3v) is 4.36. The number of aromatic nitrogens is 1. The number of pyridine rings is 1. The maximum absolute atomic E-state index is 11.8. The van der Waals surface area contributed by atoms with E-state index in [9.17, 15) is 16.8 Å². The minimum absolute atomic E-state index is 0.0104. The maximum atomic E-state index is 11.8. The van der Waals surface area contributed by atoms with Gasteiger partial charge in [0.05, 0.1) is 6.26 Å². The molecule has 18 heavy (non-hydrogen) atoms. The SMILES string of the molecule is CS(=O)(=O)NCCNS(=O)(=O)c1cncc(Br)c1. The fourth-order valence-electron chi connectivity index (χ4n) is 1.04. The topological polar surface area (TPSA) is 105 Å². The fourth-order valence-corrected chi connectivity index (χ4v) is 3.05. The van der Waals surface area contributed by atoms with Crippen molar-refractivity contribution in [2.75, 3.05) is 19.3 Å². The molecular weight excluding hydrogens is 346 g/mol. The first-order chi connectivity index (χ1) is 8.21. The fraction of sp³-hybridized carbons (Fsp3) is 0.375. The van der Waals surface area contributed by atoms with Gasteiger partial charge in [-0.15, -0.1) is 0 Å². The lowest BCUT2D eigenvalue weighted by Gasteiger charge is -2.06. The molecule has 0 saturated carbocycles. The Labute approximate surface area is 114 Å². The number of nitrogens with one attached hydrogen (secondary N) is 2. The summed E-state index contributed by atoms with van der Waals surface area (Å²) in [6, 6.07) is 1.40. The lowest BCUT2D eigenvalue weighted by molar-refractivity contribution is 0.573. The molecule has 0 bridgehead atoms. The van der Waals surface area contributed by atoms with Crippen LogP contribution in [0.4, 0.5) is 0 Å². The van der Waals surface area contributed by atoms with Crippen molar-refractivity contribution < 1.29 is 16.8 Å². The summed E-state index contributed by atoms with van der Waals surface area (Å²) in [4.78, 5) is 3.75. The van der Waals surface area contributed by atoms with Crippen LogP contribution in [0.2, 0.25) is 0 Å². The molecule has 0 saturated heterocycles. The summed E-state index contributed by atoms with van der Waals surface area (Å²) in [7, 11) is -7.00. The molecule has 0 unspecified atom stereocenters. The van der Waals surface area contributed by atoms with E-state index in [1.165, 1.54) is 18.5 Å². The first-order valence-corrected chi connectivity index (χ1v) is 8.92. The van der Waals surface area contributed by atoms with Crippen molar-refractivity contribution in [3.05, 3.63) is 22.9 Å². The van der Waals surface area contributed by atoms with Gasteiger partial charge in [-0.25, -0.2) is 26.3 Å². The summed E-state index contributed by atoms with van der Waals surface area (Å²) in [5, 5.41) is 0. The van der Waals surface area contributed by atoms with Gasteiger partial charge in [-0.2, -0.15) is 0 Å². The predicted molar refractivity (Wildman–Crippen MR) is 70.0 cm³/mol. The van der Waals surface area contributed by atoms with Gasteiger partial charge in [0.15, 0.2) is 0 Å². The highest BCUT2D eigenvalue weighted by atomic mass is 79.9. The summed E-state index contributed by atoms with van der Waals surface area (Å²) in [5.41, 5.74) is 0. The van der Waals surface area contributed by atoms with Gasteiger partial charge in [0, 0.05) is 30.0 Å². The van der Waals surface area contributed by atoms with Crippen LogP contribution >= 0.6 is 15.9 Å². The minimum atomic E-state index is -3.68. The van der Waals surface area contributed by atoms with Gasteiger partial charge in [-0.1, -0.05) is 0 Å². The normalized spacial score (nSPS) is 12.6. The molecule has 1 aromatic heterocycles. The first-order valence-electron chi connectivity index (χ1n) is 4.75. The summed E-state index contributed by atoms with van der Waals surface area (Å²) < 4.78 is 50.0. The molecule has 0 aliphatic heterocycles. The number of sulfonamides is 2. The van der Waals surface area contributed by atoms with Gasteiger partial charge in [0.2, 0.25) is 20.0 Å². The van der Waals surface area contributed by atoms with Crippen LogP contribution in [0.25, 0.3) is 0 Å². The van der Waals surface area contributed by atoms with Crippen molar-refractivity contribution in [3.8, 4) is 0 Å². The van der Waals surface area contributed by atoms with Crippen LogP contribution in [0.5, 0.6) is 0 Å². The van der Waals surface area contributed by atoms with Crippen molar-refractivity contribution in [3.63, 3.8) is 0 Å². The molecule has 1 rings (SSSR count). The highest BCUT2D eigenvalue weighted by Gasteiger charge is 2.14. The van der Waals surface area contributed by atoms with Gasteiger partial charge in [-0.3, -0.25) is 4.98 Å². The molecule has 102 valence electrons. The van der Waals surface area contributed by atoms with E-state index in [0.717, 1.165) is 6.26 Å². The van der Waals surface area contributed by atoms with E-state index in [-0.39, 0.29) is 18.0 Å². The van der Waals surface area contributed by atoms with Crippen LogP contribution in [-0.4, -0.2) is 41.2 Å². The van der Waals surface area contributed by atoms with Crippen molar-refractivity contribution >= 4 is 36.0 Å². The highest BCUT2D eigenvalue weighted by Crippen LogP contribution is 2.13. The van der Waals surface area contributed by atoms with E-state index < -0.39 is 20.0 Å². The molecule has 0 aliphatic rings. The van der Waals surface area contributed by atoms with Crippen LogP contribution in [0.15, 0.2) is 27.8 Å². The minimum Gasteiger partial charge on any atom is -0.262 e. The second-order valence-electron chi connectivity index (χ2n) is 3.40. The first kappa shape index (κ1) is 15.5. The zero-order chi connectivity index (χ0) is 13.8. The Morgan fingerprint density at radius 3 is 2.33 bits per heavy atom. The number of hydrogen-bond donors (Lipinski definition) is 2. The Morgan fingerprint density at radius 1 is 1.17 bits per heavy atom. The van der Waals surface area contributed by atoms with Gasteiger partial charge in [0.25, 0.3) is 0 Å². The van der Waals surface area contributed by atoms with E-state index in [1.807, 2.05) is 0 Å². The second kappa shape index (κ2) is 6.06. The molecule has 0 amide bonds. The van der Waals surface area contributed by atoms with E-state index in [2.05, 4.69) is 30.4 Å². The van der Waals surface area contributed by atoms with Crippen LogP contribution < -0.4 is 9.44 Å². The number of rotatable bonds is 6. The van der Waals surface area contributed by atoms with E-state index in [4.69, 9.17) is 0 Å². The number of nitrogens with zero attached hydrogens (tertiary/aromatic N) is 1. The molecule has 0 aromatic carbocycles. The zero-order valence-corrected chi connectivity index (χ0v) is 12.6. The summed E-state index contributed by atoms with van der Waals surface area (Å²) >= 11 is 3.12. The molecule has 0 aliphatic carbocycles. The molecule has 0 fully saturated rings. The third kappa shape index (κ3) is 5.40. The van der Waals surface area contributed by atoms with Crippen LogP contribution in [0.1, 0.15) is 0 Å². The van der Waals surface area contributed by atoms with Gasteiger partial charge >= 0.3 is 0 Å². The Morgan fingerprint density at radius 2 is 1.78 bits per heavy atom. The Balaban J connectivity index is 2.61.